The number of anilines is 1. The molecule has 2 aliphatic heterocycles. The average Bonchev–Trinajstić information content (AvgIpc) is 2.47. The van der Waals surface area contributed by atoms with E-state index in [9.17, 15) is 4.79 Å². The van der Waals surface area contributed by atoms with Crippen LogP contribution in [0.4, 0.5) is 10.5 Å². The number of benzene rings is 1. The molecule has 1 amide bonds. The van der Waals surface area contributed by atoms with Gasteiger partial charge in [0.1, 0.15) is 12.4 Å². The number of rotatable bonds is 1. The minimum Gasteiger partial charge on any atom is -0.492 e. The van der Waals surface area contributed by atoms with Gasteiger partial charge < -0.3 is 25.4 Å². The van der Waals surface area contributed by atoms with Gasteiger partial charge in [0.15, 0.2) is 0 Å². The predicted molar refractivity (Wildman–Crippen MR) is 75.4 cm³/mol. The first-order valence-corrected chi connectivity index (χ1v) is 6.87. The van der Waals surface area contributed by atoms with E-state index in [1.165, 1.54) is 4.90 Å². The van der Waals surface area contributed by atoms with Crippen molar-refractivity contribution in [3.05, 3.63) is 23.8 Å². The molecule has 0 bridgehead atoms. The summed E-state index contributed by atoms with van der Waals surface area (Å²) in [6.45, 7) is 3.06. The van der Waals surface area contributed by atoms with Gasteiger partial charge in [0.25, 0.3) is 0 Å². The maximum atomic E-state index is 10.9. The van der Waals surface area contributed by atoms with Crippen LogP contribution in [0.3, 0.4) is 0 Å². The molecule has 3 N–H and O–H groups in total. The molecular formula is C14H19N3O3. The largest absolute Gasteiger partial charge is 0.492 e. The van der Waals surface area contributed by atoms with E-state index < -0.39 is 6.09 Å². The number of ether oxygens (including phenoxy) is 1. The number of amides is 1. The van der Waals surface area contributed by atoms with Gasteiger partial charge in [-0.2, -0.15) is 0 Å². The molecule has 1 aromatic carbocycles. The van der Waals surface area contributed by atoms with Crippen molar-refractivity contribution in [1.82, 2.24) is 4.90 Å². The van der Waals surface area contributed by atoms with Crippen molar-refractivity contribution in [2.24, 2.45) is 5.73 Å². The van der Waals surface area contributed by atoms with Crippen LogP contribution in [-0.2, 0) is 6.42 Å². The van der Waals surface area contributed by atoms with Crippen LogP contribution in [0.2, 0.25) is 0 Å². The zero-order valence-corrected chi connectivity index (χ0v) is 11.3. The molecule has 2 heterocycles. The molecule has 0 aliphatic carbocycles. The zero-order valence-electron chi connectivity index (χ0n) is 11.3. The molecule has 1 atom stereocenters. The second-order valence-corrected chi connectivity index (χ2v) is 5.32. The molecule has 2 aliphatic rings. The van der Waals surface area contributed by atoms with Crippen molar-refractivity contribution in [3.8, 4) is 5.75 Å². The maximum absolute atomic E-state index is 10.9. The lowest BCUT2D eigenvalue weighted by atomic mass is 10.0. The smallest absolute Gasteiger partial charge is 0.407 e. The Morgan fingerprint density at radius 3 is 2.75 bits per heavy atom. The quantitative estimate of drug-likeness (QED) is 0.792. The highest BCUT2D eigenvalue weighted by atomic mass is 16.5. The standard InChI is InChI=1S/C14H19N3O3/c15-11-7-10-1-2-12(8-13(10)20-9-11)16-3-5-17(6-4-16)14(18)19/h1-2,8,11H,3-7,9,15H2,(H,18,19). The molecule has 108 valence electrons. The number of fused-ring (bicyclic) bond motifs is 1. The fraction of sp³-hybridized carbons (Fsp3) is 0.500. The number of hydrogen-bond acceptors (Lipinski definition) is 4. The van der Waals surface area contributed by atoms with Crippen LogP contribution in [0.1, 0.15) is 5.56 Å². The molecule has 3 rings (SSSR count). The fourth-order valence-electron chi connectivity index (χ4n) is 2.74. The zero-order chi connectivity index (χ0) is 14.1. The summed E-state index contributed by atoms with van der Waals surface area (Å²) in [4.78, 5) is 14.5. The van der Waals surface area contributed by atoms with Crippen LogP contribution >= 0.6 is 0 Å². The monoisotopic (exact) mass is 277 g/mol. The van der Waals surface area contributed by atoms with Crippen molar-refractivity contribution in [2.75, 3.05) is 37.7 Å². The molecule has 6 nitrogen and oxygen atoms in total. The highest BCUT2D eigenvalue weighted by Gasteiger charge is 2.22. The molecule has 0 aromatic heterocycles. The third-order valence-corrected chi connectivity index (χ3v) is 3.90. The summed E-state index contributed by atoms with van der Waals surface area (Å²) in [6.07, 6.45) is 0.00925. The Labute approximate surface area is 117 Å². The fourth-order valence-corrected chi connectivity index (χ4v) is 2.74. The first-order valence-electron chi connectivity index (χ1n) is 6.87. The Morgan fingerprint density at radius 2 is 2.05 bits per heavy atom. The highest BCUT2D eigenvalue weighted by molar-refractivity contribution is 5.65. The Kier molecular flexibility index (Phi) is 3.40. The third-order valence-electron chi connectivity index (χ3n) is 3.90. The van der Waals surface area contributed by atoms with Crippen molar-refractivity contribution in [3.63, 3.8) is 0 Å². The van der Waals surface area contributed by atoms with Gasteiger partial charge in [-0.15, -0.1) is 0 Å². The van der Waals surface area contributed by atoms with Crippen LogP contribution in [0.5, 0.6) is 5.75 Å². The number of carboxylic acid groups (broad SMARTS) is 1. The molecular weight excluding hydrogens is 258 g/mol. The summed E-state index contributed by atoms with van der Waals surface area (Å²) in [7, 11) is 0. The maximum Gasteiger partial charge on any atom is 0.407 e. The summed E-state index contributed by atoms with van der Waals surface area (Å²) in [5.74, 6) is 0.907. The molecule has 0 spiro atoms. The second-order valence-electron chi connectivity index (χ2n) is 5.32. The lowest BCUT2D eigenvalue weighted by molar-refractivity contribution is 0.142. The summed E-state index contributed by atoms with van der Waals surface area (Å²) in [6, 6.07) is 6.24. The van der Waals surface area contributed by atoms with Crippen LogP contribution in [0, 0.1) is 0 Å². The van der Waals surface area contributed by atoms with Crippen LogP contribution in [-0.4, -0.2) is 54.9 Å². The molecule has 0 saturated carbocycles. The summed E-state index contributed by atoms with van der Waals surface area (Å²) in [5.41, 5.74) is 8.11. The molecule has 1 saturated heterocycles. The molecule has 6 heteroatoms. The summed E-state index contributed by atoms with van der Waals surface area (Å²) >= 11 is 0. The van der Waals surface area contributed by atoms with Gasteiger partial charge in [-0.3, -0.25) is 0 Å². The number of piperazine rings is 1. The van der Waals surface area contributed by atoms with E-state index in [1.54, 1.807) is 0 Å². The van der Waals surface area contributed by atoms with E-state index >= 15 is 0 Å². The Bertz CT molecular complexity index is 512. The van der Waals surface area contributed by atoms with Crippen molar-refractivity contribution >= 4 is 11.8 Å². The SMILES string of the molecule is NC1COc2cc(N3CCN(C(=O)O)CC3)ccc2C1. The molecule has 1 fully saturated rings. The van der Waals surface area contributed by atoms with E-state index in [0.717, 1.165) is 23.4 Å². The van der Waals surface area contributed by atoms with Crippen LogP contribution < -0.4 is 15.4 Å². The van der Waals surface area contributed by atoms with Crippen molar-refractivity contribution in [2.45, 2.75) is 12.5 Å². The minimum absolute atomic E-state index is 0.0764. The third kappa shape index (κ3) is 2.51. The van der Waals surface area contributed by atoms with Gasteiger partial charge in [0, 0.05) is 44.0 Å². The van der Waals surface area contributed by atoms with Gasteiger partial charge >= 0.3 is 6.09 Å². The Hall–Kier alpha value is -1.95. The lowest BCUT2D eigenvalue weighted by Gasteiger charge is -2.35. The van der Waals surface area contributed by atoms with E-state index in [4.69, 9.17) is 15.6 Å². The van der Waals surface area contributed by atoms with Gasteiger partial charge in [-0.25, -0.2) is 4.79 Å². The summed E-state index contributed by atoms with van der Waals surface area (Å²) < 4.78 is 5.67. The van der Waals surface area contributed by atoms with Crippen molar-refractivity contribution in [1.29, 1.82) is 0 Å². The molecule has 20 heavy (non-hydrogen) atoms. The normalized spacial score (nSPS) is 22.1. The van der Waals surface area contributed by atoms with Crippen LogP contribution in [0.25, 0.3) is 0 Å². The molecule has 0 radical (unpaired) electrons. The van der Waals surface area contributed by atoms with Gasteiger partial charge in [-0.05, 0) is 18.1 Å². The lowest BCUT2D eigenvalue weighted by Crippen LogP contribution is -2.48. The number of nitrogens with zero attached hydrogens (tertiary/aromatic N) is 2. The summed E-state index contributed by atoms with van der Waals surface area (Å²) in [5, 5.41) is 8.95. The Balaban J connectivity index is 1.71. The molecule has 1 aromatic rings. The first kappa shape index (κ1) is 13.1. The Morgan fingerprint density at radius 1 is 1.30 bits per heavy atom. The van der Waals surface area contributed by atoms with Gasteiger partial charge in [0.05, 0.1) is 0 Å². The van der Waals surface area contributed by atoms with E-state index in [2.05, 4.69) is 17.0 Å². The second kappa shape index (κ2) is 5.20. The van der Waals surface area contributed by atoms with Gasteiger partial charge in [0.2, 0.25) is 0 Å². The highest BCUT2D eigenvalue weighted by Crippen LogP contribution is 2.29. The van der Waals surface area contributed by atoms with E-state index in [1.807, 2.05) is 6.07 Å². The van der Waals surface area contributed by atoms with Gasteiger partial charge in [-0.1, -0.05) is 6.07 Å². The van der Waals surface area contributed by atoms with Crippen LogP contribution in [0.15, 0.2) is 18.2 Å². The van der Waals surface area contributed by atoms with Crippen molar-refractivity contribution < 1.29 is 14.6 Å². The minimum atomic E-state index is -0.840. The molecule has 1 unspecified atom stereocenters. The number of nitrogens with two attached hydrogens (primary N) is 1. The van der Waals surface area contributed by atoms with E-state index in [-0.39, 0.29) is 6.04 Å². The predicted octanol–water partition coefficient (Wildman–Crippen LogP) is 0.749. The first-order chi connectivity index (χ1) is 9.63. The number of carbonyl (C=O) groups is 1. The average molecular weight is 277 g/mol. The van der Waals surface area contributed by atoms with E-state index in [0.29, 0.717) is 32.8 Å². The number of hydrogen-bond donors (Lipinski definition) is 2. The topological polar surface area (TPSA) is 79.0 Å².